The molecule has 0 bridgehead atoms. The number of hydrogen-bond donors (Lipinski definition) is 3. The minimum absolute atomic E-state index is 0.0224. The summed E-state index contributed by atoms with van der Waals surface area (Å²) in [6.45, 7) is 27.6. The molecule has 3 unspecified atom stereocenters. The van der Waals surface area contributed by atoms with Gasteiger partial charge in [-0.3, -0.25) is 24.0 Å². The number of amides is 2. The second-order valence-electron chi connectivity index (χ2n) is 22.9. The number of furan rings is 1. The number of hydrogen-bond acceptors (Lipinski definition) is 7. The number of aryl methyl sites for hydroxylation is 2. The lowest BCUT2D eigenvalue weighted by Gasteiger charge is -2.72. The molecular formula is C49H72N2O8. The van der Waals surface area contributed by atoms with E-state index in [0.29, 0.717) is 48.3 Å². The van der Waals surface area contributed by atoms with E-state index in [1.165, 1.54) is 5.57 Å². The highest BCUT2D eigenvalue weighted by Gasteiger charge is 2.70. The third kappa shape index (κ3) is 6.39. The summed E-state index contributed by atoms with van der Waals surface area (Å²) >= 11 is 0. The Morgan fingerprint density at radius 1 is 0.881 bits per heavy atom. The van der Waals surface area contributed by atoms with Gasteiger partial charge in [-0.25, -0.2) is 0 Å². The first kappa shape index (κ1) is 43.7. The van der Waals surface area contributed by atoms with Crippen molar-refractivity contribution in [3.8, 4) is 0 Å². The summed E-state index contributed by atoms with van der Waals surface area (Å²) in [4.78, 5) is 66.8. The fourth-order valence-corrected chi connectivity index (χ4v) is 14.8. The Bertz CT molecular complexity index is 1990. The van der Waals surface area contributed by atoms with Gasteiger partial charge in [-0.15, -0.1) is 0 Å². The van der Waals surface area contributed by atoms with Gasteiger partial charge in [-0.1, -0.05) is 67.9 Å². The molecule has 10 atom stereocenters. The quantitative estimate of drug-likeness (QED) is 0.209. The number of carbonyl (C=O) groups excluding carboxylic acids is 4. The van der Waals surface area contributed by atoms with Crippen molar-refractivity contribution in [1.29, 1.82) is 0 Å². The highest BCUT2D eigenvalue weighted by molar-refractivity contribution is 6.01. The smallest absolute Gasteiger partial charge is 0.309 e. The molecule has 0 saturated heterocycles. The number of carboxylic acid groups (broad SMARTS) is 1. The maximum atomic E-state index is 14.2. The van der Waals surface area contributed by atoms with Gasteiger partial charge in [-0.05, 0) is 142 Å². The zero-order chi connectivity index (χ0) is 43.6. The van der Waals surface area contributed by atoms with E-state index in [0.717, 1.165) is 56.9 Å². The van der Waals surface area contributed by atoms with E-state index in [4.69, 9.17) is 9.15 Å². The van der Waals surface area contributed by atoms with E-state index in [9.17, 15) is 29.1 Å². The van der Waals surface area contributed by atoms with Crippen LogP contribution in [0.2, 0.25) is 0 Å². The lowest BCUT2D eigenvalue weighted by Crippen LogP contribution is -2.66. The first-order valence-corrected chi connectivity index (χ1v) is 22.6. The maximum absolute atomic E-state index is 14.2. The average Bonchev–Trinajstić information content (AvgIpc) is 3.62. The molecular weight excluding hydrogens is 745 g/mol. The Hall–Kier alpha value is -3.43. The van der Waals surface area contributed by atoms with Crippen LogP contribution in [0.1, 0.15) is 162 Å². The standard InChI is InChI=1S/C49H72N2O8/c1-26(2)37-33(52)24-49(25-50-42(57)45(9,10)51-39(53)29-22-27(3)58-28(29)4)21-20-47(12)30(38(37)49)14-15-35-46(11)18-17-36(44(7,8)34(46)16-19-48(35,47)13)59-41(56)32-23-31(40(54)55)43(32,5)6/h22,26,30-32,34-36H,14-21,23-25H2,1-13H3,(H,50,57)(H,51,53)(H,54,55)/t30?,31-,32+,34-,35+,36-,46?,47+,48+,49?/m0/s1. The van der Waals surface area contributed by atoms with Gasteiger partial charge in [0.25, 0.3) is 5.91 Å². The second-order valence-corrected chi connectivity index (χ2v) is 22.9. The van der Waals surface area contributed by atoms with Crippen LogP contribution >= 0.6 is 0 Å². The van der Waals surface area contributed by atoms with E-state index in [-0.39, 0.29) is 63.2 Å². The molecule has 5 saturated carbocycles. The van der Waals surface area contributed by atoms with Crippen LogP contribution in [0.25, 0.3) is 0 Å². The predicted octanol–water partition coefficient (Wildman–Crippen LogP) is 9.16. The van der Waals surface area contributed by atoms with Crippen molar-refractivity contribution in [3.05, 3.63) is 34.3 Å². The fourth-order valence-electron chi connectivity index (χ4n) is 14.8. The normalized spacial score (nSPS) is 38.3. The minimum Gasteiger partial charge on any atom is -0.481 e. The van der Waals surface area contributed by atoms with Crippen molar-refractivity contribution in [3.63, 3.8) is 0 Å². The van der Waals surface area contributed by atoms with Crippen molar-refractivity contribution in [1.82, 2.24) is 10.6 Å². The summed E-state index contributed by atoms with van der Waals surface area (Å²) in [5.41, 5.74) is 0.201. The number of aliphatic carboxylic acids is 1. The van der Waals surface area contributed by atoms with Crippen molar-refractivity contribution in [2.24, 2.45) is 68.0 Å². The molecule has 0 spiro atoms. The molecule has 1 heterocycles. The molecule has 1 aromatic rings. The number of rotatable bonds is 9. The highest BCUT2D eigenvalue weighted by atomic mass is 16.5. The lowest BCUT2D eigenvalue weighted by atomic mass is 9.33. The third-order valence-electron chi connectivity index (χ3n) is 18.5. The molecule has 2 amide bonds. The summed E-state index contributed by atoms with van der Waals surface area (Å²) in [6.07, 6.45) is 8.28. The average molecular weight is 817 g/mol. The molecule has 5 fully saturated rings. The van der Waals surface area contributed by atoms with Crippen LogP contribution < -0.4 is 10.6 Å². The molecule has 326 valence electrons. The summed E-state index contributed by atoms with van der Waals surface area (Å²) in [5, 5.41) is 15.9. The summed E-state index contributed by atoms with van der Waals surface area (Å²) in [6, 6.07) is 1.69. The minimum atomic E-state index is -1.19. The number of carboxylic acids is 1. The Morgan fingerprint density at radius 2 is 1.56 bits per heavy atom. The molecule has 3 N–H and O–H groups in total. The SMILES string of the molecule is Cc1cc(C(=O)NC(C)(C)C(=O)NCC23CC[C@]4(C)C(CC[C@@H]5C6(C)CC[C@H](OC(=O)[C@H]7C[C@@H](C(=O)O)C7(C)C)C(C)(C)[C@@H]6CC[C@]54C)C2=C(C(C)C)C(=O)C3)c(C)o1. The summed E-state index contributed by atoms with van der Waals surface area (Å²) in [5.74, 6) is -0.141. The topological polar surface area (TPSA) is 152 Å². The van der Waals surface area contributed by atoms with Gasteiger partial charge < -0.3 is 24.9 Å². The molecule has 10 nitrogen and oxygen atoms in total. The van der Waals surface area contributed by atoms with Gasteiger partial charge in [0.15, 0.2) is 5.78 Å². The Labute approximate surface area is 352 Å². The second kappa shape index (κ2) is 14.1. The first-order chi connectivity index (χ1) is 27.2. The molecule has 0 aliphatic heterocycles. The van der Waals surface area contributed by atoms with Crippen LogP contribution in [0, 0.1) is 81.8 Å². The van der Waals surface area contributed by atoms with Crippen LogP contribution in [-0.2, 0) is 23.9 Å². The molecule has 1 aromatic heterocycles. The summed E-state index contributed by atoms with van der Waals surface area (Å²) < 4.78 is 12.0. The van der Waals surface area contributed by atoms with Crippen molar-refractivity contribution >= 4 is 29.5 Å². The maximum Gasteiger partial charge on any atom is 0.309 e. The molecule has 0 aromatic carbocycles. The Balaban J connectivity index is 1.11. The number of ether oxygens (including phenoxy) is 1. The molecule has 0 radical (unpaired) electrons. The van der Waals surface area contributed by atoms with Gasteiger partial charge in [0.05, 0.1) is 17.4 Å². The molecule has 10 heteroatoms. The zero-order valence-electron chi connectivity index (χ0n) is 38.2. The number of esters is 1. The number of Topliss-reactive ketones (excluding diaryl/α,β-unsaturated/α-hetero) is 1. The summed E-state index contributed by atoms with van der Waals surface area (Å²) in [7, 11) is 0. The largest absolute Gasteiger partial charge is 0.481 e. The van der Waals surface area contributed by atoms with Gasteiger partial charge in [0.1, 0.15) is 23.2 Å². The monoisotopic (exact) mass is 817 g/mol. The van der Waals surface area contributed by atoms with Crippen LogP contribution in [0.5, 0.6) is 0 Å². The van der Waals surface area contributed by atoms with Crippen LogP contribution in [0.15, 0.2) is 21.6 Å². The molecule has 59 heavy (non-hydrogen) atoms. The van der Waals surface area contributed by atoms with Crippen LogP contribution in [0.3, 0.4) is 0 Å². The number of allylic oxidation sites excluding steroid dienone is 1. The van der Waals surface area contributed by atoms with E-state index >= 15 is 0 Å². The lowest BCUT2D eigenvalue weighted by molar-refractivity contribution is -0.236. The molecule has 6 aliphatic carbocycles. The van der Waals surface area contributed by atoms with Crippen LogP contribution in [-0.4, -0.2) is 52.8 Å². The molecule has 6 aliphatic rings. The predicted molar refractivity (Wildman–Crippen MR) is 225 cm³/mol. The van der Waals surface area contributed by atoms with E-state index in [1.807, 2.05) is 13.8 Å². The number of nitrogens with one attached hydrogen (secondary N) is 2. The van der Waals surface area contributed by atoms with Gasteiger partial charge >= 0.3 is 11.9 Å². The zero-order valence-corrected chi connectivity index (χ0v) is 38.2. The van der Waals surface area contributed by atoms with Crippen molar-refractivity contribution in [2.45, 2.75) is 166 Å². The highest BCUT2D eigenvalue weighted by Crippen LogP contribution is 2.76. The van der Waals surface area contributed by atoms with Gasteiger partial charge in [0.2, 0.25) is 5.91 Å². The first-order valence-electron chi connectivity index (χ1n) is 22.6. The van der Waals surface area contributed by atoms with E-state index < -0.39 is 34.2 Å². The van der Waals surface area contributed by atoms with E-state index in [1.54, 1.807) is 33.8 Å². The van der Waals surface area contributed by atoms with E-state index in [2.05, 4.69) is 59.1 Å². The van der Waals surface area contributed by atoms with Gasteiger partial charge in [0, 0.05) is 23.8 Å². The Kier molecular flexibility index (Phi) is 10.4. The fraction of sp³-hybridized carbons (Fsp3) is 0.776. The Morgan fingerprint density at radius 3 is 2.15 bits per heavy atom. The number of ketones is 1. The number of fused-ring (bicyclic) bond motifs is 7. The van der Waals surface area contributed by atoms with Crippen molar-refractivity contribution in [2.75, 3.05) is 6.54 Å². The van der Waals surface area contributed by atoms with Crippen LogP contribution in [0.4, 0.5) is 0 Å². The van der Waals surface area contributed by atoms with Crippen molar-refractivity contribution < 1.29 is 38.2 Å². The molecule has 7 rings (SSSR count). The third-order valence-corrected chi connectivity index (χ3v) is 18.5. The van der Waals surface area contributed by atoms with Gasteiger partial charge in [-0.2, -0.15) is 0 Å². The number of carbonyl (C=O) groups is 5.